The molecule has 0 atom stereocenters. The average Bonchev–Trinajstić information content (AvgIpc) is 2.63. The van der Waals surface area contributed by atoms with Gasteiger partial charge in [0, 0.05) is 17.7 Å². The van der Waals surface area contributed by atoms with E-state index in [2.05, 4.69) is 35.2 Å². The van der Waals surface area contributed by atoms with Crippen LogP contribution in [-0.2, 0) is 0 Å². The van der Waals surface area contributed by atoms with Crippen molar-refractivity contribution < 1.29 is 9.84 Å². The normalized spacial score (nSPS) is 14.2. The Bertz CT molecular complexity index is 776. The predicted molar refractivity (Wildman–Crippen MR) is 104 cm³/mol. The molecule has 0 heterocycles. The van der Waals surface area contributed by atoms with Gasteiger partial charge >= 0.3 is 0 Å². The Hall–Kier alpha value is -2.52. The fourth-order valence-electron chi connectivity index (χ4n) is 2.92. The van der Waals surface area contributed by atoms with Crippen LogP contribution in [0.4, 0.5) is 0 Å². The molecule has 2 aromatic carbocycles. The predicted octanol–water partition coefficient (Wildman–Crippen LogP) is 4.91. The first-order valence-corrected chi connectivity index (χ1v) is 8.72. The van der Waals surface area contributed by atoms with Gasteiger partial charge in [-0.25, -0.2) is 0 Å². The first-order chi connectivity index (χ1) is 12.1. The largest absolute Gasteiger partial charge is 0.508 e. The SMILES string of the molecule is CN(C)CCOc1ccc(-c2ccccc2)cc1C1=CCCC=C1O. The second-order valence-corrected chi connectivity index (χ2v) is 6.51. The van der Waals surface area contributed by atoms with E-state index in [1.807, 2.05) is 44.4 Å². The third-order valence-corrected chi connectivity index (χ3v) is 4.30. The van der Waals surface area contributed by atoms with E-state index in [0.717, 1.165) is 47.4 Å². The molecule has 0 spiro atoms. The highest BCUT2D eigenvalue weighted by Crippen LogP contribution is 2.36. The molecule has 3 rings (SSSR count). The van der Waals surface area contributed by atoms with Crippen LogP contribution in [0.5, 0.6) is 5.75 Å². The van der Waals surface area contributed by atoms with Crippen LogP contribution in [-0.4, -0.2) is 37.3 Å². The summed E-state index contributed by atoms with van der Waals surface area (Å²) in [5, 5.41) is 10.4. The van der Waals surface area contributed by atoms with E-state index in [0.29, 0.717) is 12.4 Å². The lowest BCUT2D eigenvalue weighted by atomic mass is 9.94. The number of rotatable bonds is 6. The summed E-state index contributed by atoms with van der Waals surface area (Å²) in [5.74, 6) is 1.16. The van der Waals surface area contributed by atoms with Crippen molar-refractivity contribution in [2.24, 2.45) is 0 Å². The Morgan fingerprint density at radius 1 is 0.960 bits per heavy atom. The van der Waals surface area contributed by atoms with E-state index in [4.69, 9.17) is 4.74 Å². The number of nitrogens with zero attached hydrogens (tertiary/aromatic N) is 1. The van der Waals surface area contributed by atoms with Gasteiger partial charge in [-0.2, -0.15) is 0 Å². The molecule has 3 nitrogen and oxygen atoms in total. The van der Waals surface area contributed by atoms with Gasteiger partial charge in [-0.05, 0) is 56.3 Å². The average molecular weight is 335 g/mol. The Kier molecular flexibility index (Phi) is 5.56. The molecule has 3 heteroatoms. The lowest BCUT2D eigenvalue weighted by molar-refractivity contribution is 0.260. The summed E-state index contributed by atoms with van der Waals surface area (Å²) in [4.78, 5) is 2.09. The standard InChI is InChI=1S/C22H25NO2/c1-23(2)14-15-25-22-13-12-18(17-8-4-3-5-9-17)16-20(22)19-10-6-7-11-21(19)24/h3-5,8-13,16,24H,6-7,14-15H2,1-2H3. The van der Waals surface area contributed by atoms with Crippen molar-refractivity contribution >= 4 is 5.57 Å². The Labute approximate surface area is 149 Å². The van der Waals surface area contributed by atoms with E-state index in [-0.39, 0.29) is 0 Å². The molecule has 2 aromatic rings. The first kappa shape index (κ1) is 17.3. The van der Waals surface area contributed by atoms with Crippen molar-refractivity contribution in [3.63, 3.8) is 0 Å². The third-order valence-electron chi connectivity index (χ3n) is 4.30. The lowest BCUT2D eigenvalue weighted by Crippen LogP contribution is -2.19. The van der Waals surface area contributed by atoms with E-state index in [9.17, 15) is 5.11 Å². The molecule has 0 unspecified atom stereocenters. The maximum atomic E-state index is 10.4. The number of benzene rings is 2. The van der Waals surface area contributed by atoms with Gasteiger partial charge < -0.3 is 14.7 Å². The van der Waals surface area contributed by atoms with Crippen LogP contribution in [0.2, 0.25) is 0 Å². The number of aliphatic hydroxyl groups is 1. The van der Waals surface area contributed by atoms with Crippen LogP contribution < -0.4 is 4.74 Å². The number of allylic oxidation sites excluding steroid dienone is 3. The molecule has 1 N–H and O–H groups in total. The molecule has 0 saturated carbocycles. The molecule has 1 aliphatic carbocycles. The van der Waals surface area contributed by atoms with Crippen LogP contribution >= 0.6 is 0 Å². The zero-order valence-electron chi connectivity index (χ0n) is 14.9. The lowest BCUT2D eigenvalue weighted by Gasteiger charge is -2.18. The van der Waals surface area contributed by atoms with Gasteiger partial charge in [-0.3, -0.25) is 0 Å². The summed E-state index contributed by atoms with van der Waals surface area (Å²) in [6, 6.07) is 16.5. The minimum absolute atomic E-state index is 0.342. The number of ether oxygens (including phenoxy) is 1. The first-order valence-electron chi connectivity index (χ1n) is 8.72. The molecule has 0 radical (unpaired) electrons. The summed E-state index contributed by atoms with van der Waals surface area (Å²) in [5.41, 5.74) is 4.09. The van der Waals surface area contributed by atoms with Crippen molar-refractivity contribution in [3.8, 4) is 16.9 Å². The topological polar surface area (TPSA) is 32.7 Å². The van der Waals surface area contributed by atoms with Crippen molar-refractivity contribution in [3.05, 3.63) is 72.0 Å². The van der Waals surface area contributed by atoms with E-state index < -0.39 is 0 Å². The fraction of sp³-hybridized carbons (Fsp3) is 0.273. The van der Waals surface area contributed by atoms with Crippen molar-refractivity contribution in [1.82, 2.24) is 4.90 Å². The minimum atomic E-state index is 0.342. The minimum Gasteiger partial charge on any atom is -0.508 e. The molecular formula is C22H25NO2. The Morgan fingerprint density at radius 2 is 1.72 bits per heavy atom. The fourth-order valence-corrected chi connectivity index (χ4v) is 2.92. The monoisotopic (exact) mass is 335 g/mol. The molecule has 0 bridgehead atoms. The van der Waals surface area contributed by atoms with E-state index >= 15 is 0 Å². The molecule has 25 heavy (non-hydrogen) atoms. The van der Waals surface area contributed by atoms with E-state index in [1.165, 1.54) is 0 Å². The molecule has 0 aliphatic heterocycles. The molecule has 0 aromatic heterocycles. The molecule has 0 amide bonds. The van der Waals surface area contributed by atoms with Crippen LogP contribution in [0.1, 0.15) is 18.4 Å². The zero-order chi connectivity index (χ0) is 17.6. The van der Waals surface area contributed by atoms with Crippen molar-refractivity contribution in [2.75, 3.05) is 27.2 Å². The summed E-state index contributed by atoms with van der Waals surface area (Å²) >= 11 is 0. The number of aliphatic hydroxyl groups excluding tert-OH is 1. The smallest absolute Gasteiger partial charge is 0.127 e. The maximum Gasteiger partial charge on any atom is 0.127 e. The van der Waals surface area contributed by atoms with Crippen LogP contribution in [0.15, 0.2) is 66.4 Å². The Morgan fingerprint density at radius 3 is 2.44 bits per heavy atom. The number of hydrogen-bond acceptors (Lipinski definition) is 3. The van der Waals surface area contributed by atoms with Crippen LogP contribution in [0, 0.1) is 0 Å². The summed E-state index contributed by atoms with van der Waals surface area (Å²) in [6.07, 6.45) is 5.79. The van der Waals surface area contributed by atoms with Crippen molar-refractivity contribution in [1.29, 1.82) is 0 Å². The van der Waals surface area contributed by atoms with Gasteiger partial charge in [-0.1, -0.05) is 42.5 Å². The second kappa shape index (κ2) is 8.04. The van der Waals surface area contributed by atoms with Gasteiger partial charge in [0.2, 0.25) is 0 Å². The molecule has 130 valence electrons. The van der Waals surface area contributed by atoms with Gasteiger partial charge in [0.15, 0.2) is 0 Å². The van der Waals surface area contributed by atoms with Crippen LogP contribution in [0.25, 0.3) is 16.7 Å². The molecular weight excluding hydrogens is 310 g/mol. The number of hydrogen-bond donors (Lipinski definition) is 1. The van der Waals surface area contributed by atoms with Crippen LogP contribution in [0.3, 0.4) is 0 Å². The van der Waals surface area contributed by atoms with Gasteiger partial charge in [0.1, 0.15) is 18.1 Å². The maximum absolute atomic E-state index is 10.4. The number of likely N-dealkylation sites (N-methyl/N-ethyl adjacent to an activating group) is 1. The highest BCUT2D eigenvalue weighted by molar-refractivity contribution is 5.83. The third kappa shape index (κ3) is 4.31. The quantitative estimate of drug-likeness (QED) is 0.814. The van der Waals surface area contributed by atoms with Gasteiger partial charge in [0.05, 0.1) is 0 Å². The second-order valence-electron chi connectivity index (χ2n) is 6.51. The Balaban J connectivity index is 1.97. The summed E-state index contributed by atoms with van der Waals surface area (Å²) in [6.45, 7) is 1.46. The summed E-state index contributed by atoms with van der Waals surface area (Å²) in [7, 11) is 4.06. The molecule has 0 fully saturated rings. The highest BCUT2D eigenvalue weighted by Gasteiger charge is 2.16. The van der Waals surface area contributed by atoms with Gasteiger partial charge in [-0.15, -0.1) is 0 Å². The van der Waals surface area contributed by atoms with E-state index in [1.54, 1.807) is 0 Å². The zero-order valence-corrected chi connectivity index (χ0v) is 14.9. The summed E-state index contributed by atoms with van der Waals surface area (Å²) < 4.78 is 6.02. The van der Waals surface area contributed by atoms with Crippen molar-refractivity contribution in [2.45, 2.75) is 12.8 Å². The molecule has 0 saturated heterocycles. The van der Waals surface area contributed by atoms with Gasteiger partial charge in [0.25, 0.3) is 0 Å². The molecule has 1 aliphatic rings. The highest BCUT2D eigenvalue weighted by atomic mass is 16.5.